The Hall–Kier alpha value is -1.93. The lowest BCUT2D eigenvalue weighted by molar-refractivity contribution is -0.128. The molecule has 3 heterocycles. The number of hydrogen-bond donors (Lipinski definition) is 3. The van der Waals surface area contributed by atoms with E-state index in [1.165, 1.54) is 12.8 Å². The van der Waals surface area contributed by atoms with Crippen molar-refractivity contribution in [1.29, 1.82) is 0 Å². The number of carbonyl (C=O) groups excluding carboxylic acids is 1. The second-order valence-electron chi connectivity index (χ2n) is 6.56. The first kappa shape index (κ1) is 19.4. The number of imidazole rings is 1. The van der Waals surface area contributed by atoms with Gasteiger partial charge in [0, 0.05) is 50.7 Å². The predicted octanol–water partition coefficient (Wildman–Crippen LogP) is 0.865. The molecule has 2 fully saturated rings. The molecule has 2 aliphatic heterocycles. The summed E-state index contributed by atoms with van der Waals surface area (Å²) in [6, 6.07) is 0. The standard InChI is InChI=1S/C16H26N4O2.CH2O2/c21-16(14-3-6-22-7-4-14)18-8-13-2-1-5-20(10-13)11-15-9-17-12-19-15;2-1-3/h9,12-14H,1-8,10-11H2,(H,17,19)(H,18,21);1H,(H,2,3). The summed E-state index contributed by atoms with van der Waals surface area (Å²) in [5.74, 6) is 0.924. The summed E-state index contributed by atoms with van der Waals surface area (Å²) in [6.45, 7) is 5.09. The van der Waals surface area contributed by atoms with Crippen LogP contribution in [0.2, 0.25) is 0 Å². The van der Waals surface area contributed by atoms with E-state index in [0.717, 1.165) is 57.9 Å². The second kappa shape index (κ2) is 10.8. The Bertz CT molecular complexity index is 503. The van der Waals surface area contributed by atoms with Crippen molar-refractivity contribution in [3.8, 4) is 0 Å². The van der Waals surface area contributed by atoms with Crippen LogP contribution in [-0.4, -0.2) is 65.2 Å². The van der Waals surface area contributed by atoms with E-state index in [4.69, 9.17) is 14.6 Å². The minimum atomic E-state index is -0.250. The van der Waals surface area contributed by atoms with Crippen LogP contribution in [0.3, 0.4) is 0 Å². The molecule has 1 atom stereocenters. The highest BCUT2D eigenvalue weighted by Gasteiger charge is 2.24. The first-order valence-electron chi connectivity index (χ1n) is 8.85. The number of H-pyrrole nitrogens is 1. The Balaban J connectivity index is 0.000000701. The van der Waals surface area contributed by atoms with Gasteiger partial charge in [0.15, 0.2) is 0 Å². The molecule has 0 saturated carbocycles. The van der Waals surface area contributed by atoms with Gasteiger partial charge in [-0.3, -0.25) is 14.5 Å². The third-order valence-corrected chi connectivity index (χ3v) is 4.71. The van der Waals surface area contributed by atoms with Crippen molar-refractivity contribution < 1.29 is 19.4 Å². The third kappa shape index (κ3) is 6.83. The maximum atomic E-state index is 12.2. The predicted molar refractivity (Wildman–Crippen MR) is 91.8 cm³/mol. The van der Waals surface area contributed by atoms with E-state index in [2.05, 4.69) is 20.2 Å². The number of rotatable bonds is 5. The SMILES string of the molecule is O=C(NCC1CCCN(Cc2cnc[nH]2)C1)C1CCOCC1.O=CO. The fourth-order valence-corrected chi connectivity index (χ4v) is 3.42. The summed E-state index contributed by atoms with van der Waals surface area (Å²) < 4.78 is 5.31. The lowest BCUT2D eigenvalue weighted by atomic mass is 9.96. The Labute approximate surface area is 148 Å². The van der Waals surface area contributed by atoms with E-state index in [1.54, 1.807) is 6.33 Å². The van der Waals surface area contributed by atoms with E-state index in [1.807, 2.05) is 6.20 Å². The van der Waals surface area contributed by atoms with Gasteiger partial charge >= 0.3 is 0 Å². The van der Waals surface area contributed by atoms with Crippen molar-refractivity contribution in [1.82, 2.24) is 20.2 Å². The molecule has 0 radical (unpaired) electrons. The van der Waals surface area contributed by atoms with E-state index in [0.29, 0.717) is 5.92 Å². The van der Waals surface area contributed by atoms with Gasteiger partial charge in [-0.2, -0.15) is 0 Å². The highest BCUT2D eigenvalue weighted by atomic mass is 16.5. The van der Waals surface area contributed by atoms with Crippen molar-refractivity contribution >= 4 is 12.4 Å². The van der Waals surface area contributed by atoms with Crippen molar-refractivity contribution in [2.45, 2.75) is 32.2 Å². The Morgan fingerprint density at radius 1 is 1.44 bits per heavy atom. The number of carboxylic acid groups (broad SMARTS) is 1. The van der Waals surface area contributed by atoms with Crippen LogP contribution >= 0.6 is 0 Å². The monoisotopic (exact) mass is 352 g/mol. The molecule has 0 spiro atoms. The molecule has 1 unspecified atom stereocenters. The lowest BCUT2D eigenvalue weighted by Gasteiger charge is -2.32. The largest absolute Gasteiger partial charge is 0.483 e. The number of ether oxygens (including phenoxy) is 1. The van der Waals surface area contributed by atoms with Crippen LogP contribution in [0, 0.1) is 11.8 Å². The normalized spacial score (nSPS) is 21.8. The van der Waals surface area contributed by atoms with Crippen molar-refractivity contribution in [3.63, 3.8) is 0 Å². The molecule has 3 N–H and O–H groups in total. The van der Waals surface area contributed by atoms with Gasteiger partial charge < -0.3 is 20.1 Å². The van der Waals surface area contributed by atoms with Crippen LogP contribution in [0.1, 0.15) is 31.4 Å². The summed E-state index contributed by atoms with van der Waals surface area (Å²) in [5.41, 5.74) is 1.16. The highest BCUT2D eigenvalue weighted by molar-refractivity contribution is 5.78. The van der Waals surface area contributed by atoms with Crippen molar-refractivity contribution in [2.75, 3.05) is 32.8 Å². The number of likely N-dealkylation sites (tertiary alicyclic amines) is 1. The van der Waals surface area contributed by atoms with Gasteiger partial charge in [-0.1, -0.05) is 0 Å². The average molecular weight is 352 g/mol. The van der Waals surface area contributed by atoms with Gasteiger partial charge in [-0.15, -0.1) is 0 Å². The minimum Gasteiger partial charge on any atom is -0.483 e. The first-order valence-corrected chi connectivity index (χ1v) is 8.85. The first-order chi connectivity index (χ1) is 12.2. The highest BCUT2D eigenvalue weighted by Crippen LogP contribution is 2.18. The number of nitrogens with one attached hydrogen (secondary N) is 2. The number of nitrogens with zero attached hydrogens (tertiary/aromatic N) is 2. The topological polar surface area (TPSA) is 108 Å². The number of aromatic amines is 1. The van der Waals surface area contributed by atoms with Crippen LogP contribution in [-0.2, 0) is 20.9 Å². The lowest BCUT2D eigenvalue weighted by Crippen LogP contribution is -2.42. The molecule has 0 aromatic carbocycles. The van der Waals surface area contributed by atoms with Crippen LogP contribution in [0.5, 0.6) is 0 Å². The summed E-state index contributed by atoms with van der Waals surface area (Å²) >= 11 is 0. The molecule has 1 aromatic heterocycles. The summed E-state index contributed by atoms with van der Waals surface area (Å²) in [7, 11) is 0. The van der Waals surface area contributed by atoms with Gasteiger partial charge in [-0.25, -0.2) is 4.98 Å². The molecule has 1 aromatic rings. The summed E-state index contributed by atoms with van der Waals surface area (Å²) in [4.78, 5) is 30.2. The summed E-state index contributed by atoms with van der Waals surface area (Å²) in [5, 5.41) is 10.0. The smallest absolute Gasteiger partial charge is 0.290 e. The molecule has 0 aliphatic carbocycles. The maximum Gasteiger partial charge on any atom is 0.290 e. The Kier molecular flexibility index (Phi) is 8.41. The van der Waals surface area contributed by atoms with E-state index in [9.17, 15) is 4.79 Å². The third-order valence-electron chi connectivity index (χ3n) is 4.71. The van der Waals surface area contributed by atoms with Gasteiger partial charge in [0.25, 0.3) is 6.47 Å². The molecule has 25 heavy (non-hydrogen) atoms. The molecule has 8 heteroatoms. The van der Waals surface area contributed by atoms with Gasteiger partial charge in [0.2, 0.25) is 5.91 Å². The van der Waals surface area contributed by atoms with Crippen LogP contribution in [0.15, 0.2) is 12.5 Å². The maximum absolute atomic E-state index is 12.2. The molecule has 2 saturated heterocycles. The molecule has 2 aliphatic rings. The zero-order chi connectivity index (χ0) is 17.9. The van der Waals surface area contributed by atoms with Crippen molar-refractivity contribution in [3.05, 3.63) is 18.2 Å². The van der Waals surface area contributed by atoms with E-state index in [-0.39, 0.29) is 18.3 Å². The molecule has 3 rings (SSSR count). The number of hydrogen-bond acceptors (Lipinski definition) is 5. The quantitative estimate of drug-likeness (QED) is 0.679. The number of amides is 1. The number of piperidine rings is 1. The van der Waals surface area contributed by atoms with Crippen molar-refractivity contribution in [2.24, 2.45) is 11.8 Å². The molecular formula is C17H28N4O4. The second-order valence-corrected chi connectivity index (χ2v) is 6.56. The zero-order valence-corrected chi connectivity index (χ0v) is 14.5. The van der Waals surface area contributed by atoms with Crippen LogP contribution < -0.4 is 5.32 Å². The van der Waals surface area contributed by atoms with Gasteiger partial charge in [-0.05, 0) is 38.1 Å². The van der Waals surface area contributed by atoms with E-state index < -0.39 is 0 Å². The zero-order valence-electron chi connectivity index (χ0n) is 14.5. The fourth-order valence-electron chi connectivity index (χ4n) is 3.42. The molecule has 1 amide bonds. The average Bonchev–Trinajstić information content (AvgIpc) is 3.14. The fraction of sp³-hybridized carbons (Fsp3) is 0.706. The number of aromatic nitrogens is 2. The summed E-state index contributed by atoms with van der Waals surface area (Å²) in [6.07, 6.45) is 7.74. The van der Waals surface area contributed by atoms with Gasteiger partial charge in [0.05, 0.1) is 6.33 Å². The molecule has 0 bridgehead atoms. The molecule has 8 nitrogen and oxygen atoms in total. The van der Waals surface area contributed by atoms with Gasteiger partial charge in [0.1, 0.15) is 0 Å². The molecular weight excluding hydrogens is 324 g/mol. The number of carbonyl (C=O) groups is 2. The Morgan fingerprint density at radius 3 is 2.88 bits per heavy atom. The molecule has 140 valence electrons. The Morgan fingerprint density at radius 2 is 2.20 bits per heavy atom. The minimum absolute atomic E-state index is 0.151. The van der Waals surface area contributed by atoms with Crippen LogP contribution in [0.4, 0.5) is 0 Å². The van der Waals surface area contributed by atoms with E-state index >= 15 is 0 Å². The van der Waals surface area contributed by atoms with Crippen LogP contribution in [0.25, 0.3) is 0 Å².